The summed E-state index contributed by atoms with van der Waals surface area (Å²) in [6.45, 7) is 13.6. The molecule has 4 saturated carbocycles. The first-order valence-corrected chi connectivity index (χ1v) is 52.9. The number of nitrogens with one attached hydrogen (secondary N) is 3. The Kier molecular flexibility index (Phi) is 31.6. The number of rotatable bonds is 27. The zero-order valence-corrected chi connectivity index (χ0v) is 87.2. The number of halogens is 6. The summed E-state index contributed by atoms with van der Waals surface area (Å²) >= 11 is 19.4. The molecule has 0 bridgehead atoms. The van der Waals surface area contributed by atoms with Gasteiger partial charge >= 0.3 is 0 Å². The maximum atomic E-state index is 14.5. The van der Waals surface area contributed by atoms with Gasteiger partial charge in [-0.3, -0.25) is 38.2 Å². The third kappa shape index (κ3) is 23.3. The van der Waals surface area contributed by atoms with Crippen LogP contribution in [0.1, 0.15) is 192 Å². The number of benzene rings is 12. The van der Waals surface area contributed by atoms with E-state index in [0.29, 0.717) is 129 Å². The van der Waals surface area contributed by atoms with Crippen LogP contribution in [0.4, 0.5) is 18.9 Å². The van der Waals surface area contributed by atoms with Gasteiger partial charge in [0.25, 0.3) is 23.3 Å². The number of amides is 5. The first-order valence-electron chi connectivity index (χ1n) is 51.8. The van der Waals surface area contributed by atoms with Gasteiger partial charge in [-0.15, -0.1) is 0 Å². The van der Waals surface area contributed by atoms with Crippen molar-refractivity contribution < 1.29 is 37.1 Å². The topological polar surface area (TPSA) is 239 Å². The molecular formula is C124H122Cl3F3N14O6. The number of hydrogen-bond donors (Lipinski definition) is 4. The van der Waals surface area contributed by atoms with Crippen molar-refractivity contribution in [3.8, 4) is 28.2 Å². The van der Waals surface area contributed by atoms with Crippen LogP contribution in [0.25, 0.3) is 60.8 Å². The summed E-state index contributed by atoms with van der Waals surface area (Å²) in [6, 6.07) is 94.4. The summed E-state index contributed by atoms with van der Waals surface area (Å²) < 4.78 is 44.1. The number of nitrogen functional groups attached to an aromatic ring is 1. The number of para-hydroxylation sites is 3. The number of carbonyl (C=O) groups excluding carboxylic acids is 5. The van der Waals surface area contributed by atoms with Gasteiger partial charge in [-0.2, -0.15) is 15.0 Å². The summed E-state index contributed by atoms with van der Waals surface area (Å²) in [5, 5.41) is 21.9. The van der Waals surface area contributed by atoms with E-state index in [1.54, 1.807) is 72.4 Å². The fraction of sp³-hybridized carbons (Fsp3) is 0.290. The van der Waals surface area contributed by atoms with E-state index in [2.05, 4.69) is 86.0 Å². The molecule has 22 rings (SSSR count). The lowest BCUT2D eigenvalue weighted by molar-refractivity contribution is -0.136. The fourth-order valence-electron chi connectivity index (χ4n) is 22.1. The second-order valence-electron chi connectivity index (χ2n) is 41.6. The van der Waals surface area contributed by atoms with Crippen LogP contribution in [-0.4, -0.2) is 131 Å². The van der Waals surface area contributed by atoms with E-state index in [4.69, 9.17) is 45.5 Å². The van der Waals surface area contributed by atoms with Gasteiger partial charge in [-0.1, -0.05) is 265 Å². The van der Waals surface area contributed by atoms with Crippen molar-refractivity contribution in [3.63, 3.8) is 0 Å². The van der Waals surface area contributed by atoms with Gasteiger partial charge in [0.05, 0.1) is 113 Å². The number of fused-ring (bicyclic) bond motifs is 3. The third-order valence-corrected chi connectivity index (χ3v) is 31.7. The van der Waals surface area contributed by atoms with E-state index in [-0.39, 0.29) is 106 Å². The number of nitrogens with two attached hydrogens (primary N) is 1. The summed E-state index contributed by atoms with van der Waals surface area (Å²) in [7, 11) is 3.80. The molecule has 2 saturated heterocycles. The van der Waals surface area contributed by atoms with Crippen LogP contribution in [0, 0.1) is 47.0 Å². The normalized spacial score (nSPS) is 17.1. The van der Waals surface area contributed by atoms with Crippen molar-refractivity contribution in [2.45, 2.75) is 152 Å². The molecule has 0 radical (unpaired) electrons. The highest BCUT2D eigenvalue weighted by Crippen LogP contribution is 2.58. The Balaban J connectivity index is 0.000000126. The molecule has 16 aromatic rings. The first-order chi connectivity index (χ1) is 72.6. The maximum Gasteiger partial charge on any atom is 0.264 e. The lowest BCUT2D eigenvalue weighted by Gasteiger charge is -2.48. The van der Waals surface area contributed by atoms with Crippen molar-refractivity contribution in [1.29, 1.82) is 0 Å². The van der Waals surface area contributed by atoms with Crippen LogP contribution in [0.5, 0.6) is 0 Å². The van der Waals surface area contributed by atoms with E-state index in [9.17, 15) is 41.9 Å². The molecule has 4 aliphatic carbocycles. The number of carbonyl (C=O) groups is 5. The molecule has 5 amide bonds. The maximum absolute atomic E-state index is 14.5. The third-order valence-electron chi connectivity index (χ3n) is 30.7. The molecule has 766 valence electrons. The number of likely N-dealkylation sites (tertiary alicyclic amines) is 2. The zero-order chi connectivity index (χ0) is 105. The van der Waals surface area contributed by atoms with Crippen LogP contribution in [0.15, 0.2) is 327 Å². The number of aromatic nitrogens is 6. The smallest absolute Gasteiger partial charge is 0.264 e. The molecule has 12 aromatic carbocycles. The standard InChI is InChI=1S/C36H39ClFN3O2.C33H37Cl2N3O2.C29H24FN5O.C26H22FN3O/c1-36(2,3)40-19-17-23(18-20-40)21-30-32(34(42)39-33(24-15-16-24)25-9-7-10-26(38)22-25)28-13-8-14-29(37)31(28)35(43)41(30)27-11-5-4-6-12-27;1-24(39)37(3)32(26-12-8-5-9-13-26)16-18-38(19-17-32)23-28-21-33(28,27-14-15-29(34)30(35)20-27)31(40)36(2)22-25-10-6-4-7-11-25;30-22-10-6-9-21(17-22)28-24(18-35-31-15-16-32-35)26(23-11-4-5-12-25(23)33-28)29(36)34-27(20-13-14-20)19-7-2-1-3-8-19;27-19-10-6-9-18(15-19)25-23(28)22(20-11-4-5-12-21(20)29-25)26(31)30-24(17-13-14-17)16-7-2-1-3-8-16/h4-14,22-24,33H,15-21H2,1-3H3,(H,39,42);4-15,20,28H,16-19,21-23H2,1-3H3;1-12,15-17,20,27H,13-14,18H2,(H,34,36);1-12,15,17,24H,13-14,28H2,(H,30,31)/t33-;28-,33+;27-;24-/m0011/s1. The van der Waals surface area contributed by atoms with Gasteiger partial charge in [-0.25, -0.2) is 23.1 Å². The Hall–Kier alpha value is -14.5. The summed E-state index contributed by atoms with van der Waals surface area (Å²) in [4.78, 5) is 103. The van der Waals surface area contributed by atoms with Crippen LogP contribution < -0.4 is 27.2 Å². The van der Waals surface area contributed by atoms with Crippen molar-refractivity contribution in [1.82, 2.24) is 65.1 Å². The number of pyridine rings is 3. The van der Waals surface area contributed by atoms with Crippen molar-refractivity contribution in [2.75, 3.05) is 52.6 Å². The molecule has 6 aliphatic rings. The van der Waals surface area contributed by atoms with E-state index in [1.807, 2.05) is 224 Å². The van der Waals surface area contributed by atoms with Gasteiger partial charge in [0, 0.05) is 97.0 Å². The molecule has 150 heavy (non-hydrogen) atoms. The van der Waals surface area contributed by atoms with Gasteiger partial charge in [0.1, 0.15) is 17.5 Å². The Labute approximate surface area is 887 Å². The Morgan fingerprint density at radius 1 is 0.487 bits per heavy atom. The fourth-order valence-corrected chi connectivity index (χ4v) is 22.7. The first kappa shape index (κ1) is 104. The molecule has 6 fully saturated rings. The number of anilines is 1. The lowest BCUT2D eigenvalue weighted by Crippen LogP contribution is -2.53. The predicted octanol–water partition coefficient (Wildman–Crippen LogP) is 25.2. The Bertz CT molecular complexity index is 7660. The van der Waals surface area contributed by atoms with Crippen molar-refractivity contribution in [3.05, 3.63) is 426 Å². The number of piperidine rings is 2. The minimum Gasteiger partial charge on any atom is -0.396 e. The van der Waals surface area contributed by atoms with Gasteiger partial charge < -0.3 is 36.4 Å². The molecule has 0 spiro atoms. The monoisotopic (exact) mass is 2060 g/mol. The van der Waals surface area contributed by atoms with Crippen molar-refractivity contribution >= 4 is 103 Å². The second-order valence-corrected chi connectivity index (χ2v) is 42.8. The lowest BCUT2D eigenvalue weighted by atomic mass is 9.79. The molecule has 5 atom stereocenters. The Morgan fingerprint density at radius 2 is 0.960 bits per heavy atom. The van der Waals surface area contributed by atoms with Crippen LogP contribution in [0.3, 0.4) is 0 Å². The quantitative estimate of drug-likeness (QED) is 0.0375. The molecule has 2 aliphatic heterocycles. The number of nitrogens with zero attached hydrogens (tertiary/aromatic N) is 10. The molecule has 20 nitrogen and oxygen atoms in total. The molecular weight excluding hydrogens is 1940 g/mol. The summed E-state index contributed by atoms with van der Waals surface area (Å²) in [5.74, 6) is -0.0260. The molecule has 5 N–H and O–H groups in total. The van der Waals surface area contributed by atoms with E-state index in [0.717, 1.165) is 137 Å². The predicted molar refractivity (Wildman–Crippen MR) is 590 cm³/mol. The zero-order valence-electron chi connectivity index (χ0n) is 84.9. The largest absolute Gasteiger partial charge is 0.396 e. The van der Waals surface area contributed by atoms with Gasteiger partial charge in [0.2, 0.25) is 11.8 Å². The molecule has 26 heteroatoms. The average Bonchev–Trinajstić information content (AvgIpc) is 1.54. The van der Waals surface area contributed by atoms with Crippen LogP contribution in [-0.2, 0) is 40.1 Å². The van der Waals surface area contributed by atoms with E-state index >= 15 is 0 Å². The van der Waals surface area contributed by atoms with Gasteiger partial charge in [0.15, 0.2) is 0 Å². The Morgan fingerprint density at radius 3 is 1.50 bits per heavy atom. The van der Waals surface area contributed by atoms with E-state index in [1.165, 1.54) is 46.8 Å². The second kappa shape index (κ2) is 45.5. The molecule has 0 unspecified atom stereocenters. The minimum absolute atomic E-state index is 0.0716. The summed E-state index contributed by atoms with van der Waals surface area (Å²) in [5.41, 5.74) is 18.6. The number of likely N-dealkylation sites (N-methyl/N-ethyl adjacent to an activating group) is 1. The van der Waals surface area contributed by atoms with Crippen molar-refractivity contribution in [2.24, 2.45) is 29.6 Å². The SMILES string of the molecule is CC(=O)N(C)C1(c2ccccc2)CCN(C[C@@H]2C[C@@]2(C(=O)N(C)Cc2ccccc2)c2ccc(Cl)c(Cl)c2)CC1.CC(C)(C)N1CCC(Cc2c(C(=O)N[C@H](c3cccc(F)c3)C3CC3)c3cccc(Cl)c3c(=O)n2-c2ccccc2)CC1.Nc1c(-c2cccc(F)c2)nc2ccccc2c1C(=O)N[C@H](c1ccccc1)C1CC1.O=C(N[C@H](c1ccccc1)C1CC1)c1c(Cn2nccn2)c(-c2cccc(F)c2)nc2ccccc12. The highest BCUT2D eigenvalue weighted by atomic mass is 35.5. The molecule has 6 heterocycles. The van der Waals surface area contributed by atoms with Crippen LogP contribution >= 0.6 is 34.8 Å². The summed E-state index contributed by atoms with van der Waals surface area (Å²) in [6.07, 6.45) is 14.5. The molecule has 4 aromatic heterocycles. The van der Waals surface area contributed by atoms with E-state index < -0.39 is 5.41 Å². The average molecular weight is 2070 g/mol. The van der Waals surface area contributed by atoms with Crippen LogP contribution in [0.2, 0.25) is 15.1 Å². The highest BCUT2D eigenvalue weighted by Gasteiger charge is 2.62. The highest BCUT2D eigenvalue weighted by molar-refractivity contribution is 6.42. The van der Waals surface area contributed by atoms with Gasteiger partial charge in [-0.05, 0) is 253 Å². The number of hydrogen-bond acceptors (Lipinski definition) is 13. The minimum atomic E-state index is -0.623.